The fourth-order valence-electron chi connectivity index (χ4n) is 2.24. The molecule has 0 amide bonds. The Morgan fingerprint density at radius 3 is 2.21 bits per heavy atom. The number of ether oxygens (including phenoxy) is 1. The molecule has 0 aromatic heterocycles. The minimum atomic E-state index is 0. The van der Waals surface area contributed by atoms with Crippen molar-refractivity contribution < 1.29 is 4.74 Å². The van der Waals surface area contributed by atoms with E-state index in [4.69, 9.17) is 4.74 Å². The molecule has 0 aliphatic heterocycles. The second-order valence-electron chi connectivity index (χ2n) is 5.39. The lowest BCUT2D eigenvalue weighted by atomic mass is 10.1. The fourth-order valence-corrected chi connectivity index (χ4v) is 2.24. The maximum Gasteiger partial charge on any atom is 0.191 e. The van der Waals surface area contributed by atoms with Crippen molar-refractivity contribution in [2.45, 2.75) is 33.9 Å². The van der Waals surface area contributed by atoms with E-state index in [1.54, 1.807) is 7.11 Å². The highest BCUT2D eigenvalue weighted by Gasteiger charge is 2.01. The molecule has 0 aliphatic carbocycles. The van der Waals surface area contributed by atoms with Crippen molar-refractivity contribution in [3.63, 3.8) is 0 Å². The van der Waals surface area contributed by atoms with Gasteiger partial charge in [-0.1, -0.05) is 38.1 Å². The van der Waals surface area contributed by atoms with Crippen LogP contribution in [0.4, 0.5) is 0 Å². The van der Waals surface area contributed by atoms with Crippen molar-refractivity contribution in [1.29, 1.82) is 0 Å². The van der Waals surface area contributed by atoms with E-state index in [2.05, 4.69) is 65.6 Å². The fraction of sp³-hybridized carbons (Fsp3) is 0.611. The molecule has 0 fully saturated rings. The van der Waals surface area contributed by atoms with Crippen LogP contribution in [-0.2, 0) is 17.8 Å². The van der Waals surface area contributed by atoms with Gasteiger partial charge in [0.15, 0.2) is 5.96 Å². The molecule has 2 N–H and O–H groups in total. The molecule has 0 radical (unpaired) electrons. The van der Waals surface area contributed by atoms with Crippen molar-refractivity contribution in [2.24, 2.45) is 4.99 Å². The van der Waals surface area contributed by atoms with E-state index in [1.807, 2.05) is 0 Å². The number of hydrogen-bond acceptors (Lipinski definition) is 3. The smallest absolute Gasteiger partial charge is 0.191 e. The normalized spacial score (nSPS) is 11.3. The van der Waals surface area contributed by atoms with Crippen LogP contribution in [-0.4, -0.2) is 50.8 Å². The second kappa shape index (κ2) is 14.5. The number of methoxy groups -OCH3 is 1. The highest BCUT2D eigenvalue weighted by molar-refractivity contribution is 14.0. The number of rotatable bonds is 10. The summed E-state index contributed by atoms with van der Waals surface area (Å²) in [7, 11) is 1.70. The van der Waals surface area contributed by atoms with Gasteiger partial charge in [-0.15, -0.1) is 24.0 Å². The molecule has 1 rings (SSSR count). The predicted octanol–water partition coefficient (Wildman–Crippen LogP) is 2.85. The molecule has 0 spiro atoms. The molecule has 0 atom stereocenters. The molecular formula is C18H33IN4O. The van der Waals surface area contributed by atoms with Crippen LogP contribution < -0.4 is 10.6 Å². The van der Waals surface area contributed by atoms with Crippen molar-refractivity contribution in [1.82, 2.24) is 15.5 Å². The summed E-state index contributed by atoms with van der Waals surface area (Å²) in [6.45, 7) is 12.6. The standard InChI is InChI=1S/C18H32N4O.HI/c1-5-19-18(20-12-13-23-4)21-14-16-8-10-17(11-9-16)15-22(6-2)7-3;/h8-11H,5-7,12-15H2,1-4H3,(H2,19,20,21);1H. The van der Waals surface area contributed by atoms with Gasteiger partial charge in [0.05, 0.1) is 13.2 Å². The summed E-state index contributed by atoms with van der Waals surface area (Å²) < 4.78 is 5.05. The van der Waals surface area contributed by atoms with Crippen molar-refractivity contribution in [2.75, 3.05) is 39.9 Å². The summed E-state index contributed by atoms with van der Waals surface area (Å²) in [5.41, 5.74) is 2.57. The summed E-state index contributed by atoms with van der Waals surface area (Å²) in [5, 5.41) is 6.49. The maximum atomic E-state index is 5.05. The highest BCUT2D eigenvalue weighted by Crippen LogP contribution is 2.08. The molecule has 0 aliphatic rings. The third kappa shape index (κ3) is 9.44. The monoisotopic (exact) mass is 448 g/mol. The van der Waals surface area contributed by atoms with E-state index in [9.17, 15) is 0 Å². The van der Waals surface area contributed by atoms with Crippen molar-refractivity contribution in [3.8, 4) is 0 Å². The third-order valence-electron chi connectivity index (χ3n) is 3.69. The summed E-state index contributed by atoms with van der Waals surface area (Å²) in [6, 6.07) is 8.74. The van der Waals surface area contributed by atoms with Crippen LogP contribution in [0.3, 0.4) is 0 Å². The van der Waals surface area contributed by atoms with Gasteiger partial charge in [0.25, 0.3) is 0 Å². The highest BCUT2D eigenvalue weighted by atomic mass is 127. The number of nitrogens with one attached hydrogen (secondary N) is 2. The Morgan fingerprint density at radius 1 is 1.04 bits per heavy atom. The van der Waals surface area contributed by atoms with Crippen LogP contribution in [0.1, 0.15) is 31.9 Å². The molecule has 6 heteroatoms. The average Bonchev–Trinajstić information content (AvgIpc) is 2.58. The molecular weight excluding hydrogens is 415 g/mol. The number of aliphatic imine (C=N–C) groups is 1. The molecule has 0 bridgehead atoms. The van der Waals surface area contributed by atoms with Crippen molar-refractivity contribution in [3.05, 3.63) is 35.4 Å². The molecule has 0 saturated carbocycles. The van der Waals surface area contributed by atoms with Crippen LogP contribution in [0, 0.1) is 0 Å². The Balaban J connectivity index is 0.00000529. The largest absolute Gasteiger partial charge is 0.383 e. The zero-order valence-electron chi connectivity index (χ0n) is 15.5. The number of hydrogen-bond donors (Lipinski definition) is 2. The first kappa shape index (κ1) is 23.1. The first-order chi connectivity index (χ1) is 11.2. The first-order valence-corrected chi connectivity index (χ1v) is 8.54. The van der Waals surface area contributed by atoms with Gasteiger partial charge in [-0.2, -0.15) is 0 Å². The summed E-state index contributed by atoms with van der Waals surface area (Å²) in [4.78, 5) is 7.02. The van der Waals surface area contributed by atoms with Crippen LogP contribution >= 0.6 is 24.0 Å². The van der Waals surface area contributed by atoms with Crippen molar-refractivity contribution >= 4 is 29.9 Å². The molecule has 5 nitrogen and oxygen atoms in total. The molecule has 1 aromatic rings. The van der Waals surface area contributed by atoms with Gasteiger partial charge in [-0.05, 0) is 31.1 Å². The Kier molecular flexibility index (Phi) is 14.0. The van der Waals surface area contributed by atoms with Gasteiger partial charge in [0.1, 0.15) is 0 Å². The van der Waals surface area contributed by atoms with Crippen LogP contribution in [0.2, 0.25) is 0 Å². The van der Waals surface area contributed by atoms with E-state index < -0.39 is 0 Å². The van der Waals surface area contributed by atoms with Gasteiger partial charge in [0, 0.05) is 26.7 Å². The first-order valence-electron chi connectivity index (χ1n) is 8.54. The molecule has 0 saturated heterocycles. The lowest BCUT2D eigenvalue weighted by molar-refractivity contribution is 0.203. The third-order valence-corrected chi connectivity index (χ3v) is 3.69. The molecule has 0 unspecified atom stereocenters. The SMILES string of the molecule is CCNC(=NCc1ccc(CN(CC)CC)cc1)NCCOC.I. The van der Waals surface area contributed by atoms with Gasteiger partial charge in [-0.25, -0.2) is 4.99 Å². The lowest BCUT2D eigenvalue weighted by Gasteiger charge is -2.18. The number of benzene rings is 1. The summed E-state index contributed by atoms with van der Waals surface area (Å²) in [6.07, 6.45) is 0. The minimum Gasteiger partial charge on any atom is -0.383 e. The Hall–Kier alpha value is -0.860. The van der Waals surface area contributed by atoms with E-state index in [0.717, 1.165) is 38.7 Å². The van der Waals surface area contributed by atoms with Crippen LogP contribution in [0.15, 0.2) is 29.3 Å². The number of nitrogens with zero attached hydrogens (tertiary/aromatic N) is 2. The van der Waals surface area contributed by atoms with Crippen LogP contribution in [0.25, 0.3) is 0 Å². The maximum absolute atomic E-state index is 5.05. The second-order valence-corrected chi connectivity index (χ2v) is 5.39. The molecule has 138 valence electrons. The molecule has 0 heterocycles. The lowest BCUT2D eigenvalue weighted by Crippen LogP contribution is -2.38. The Bertz CT molecular complexity index is 447. The van der Waals surface area contributed by atoms with E-state index in [0.29, 0.717) is 13.2 Å². The van der Waals surface area contributed by atoms with E-state index >= 15 is 0 Å². The van der Waals surface area contributed by atoms with Gasteiger partial charge in [-0.3, -0.25) is 4.90 Å². The average molecular weight is 448 g/mol. The zero-order valence-corrected chi connectivity index (χ0v) is 17.8. The summed E-state index contributed by atoms with van der Waals surface area (Å²) in [5.74, 6) is 0.830. The predicted molar refractivity (Wildman–Crippen MR) is 113 cm³/mol. The number of guanidine groups is 1. The van der Waals surface area contributed by atoms with E-state index in [-0.39, 0.29) is 24.0 Å². The molecule has 24 heavy (non-hydrogen) atoms. The van der Waals surface area contributed by atoms with Crippen LogP contribution in [0.5, 0.6) is 0 Å². The summed E-state index contributed by atoms with van der Waals surface area (Å²) >= 11 is 0. The topological polar surface area (TPSA) is 48.9 Å². The minimum absolute atomic E-state index is 0. The van der Waals surface area contributed by atoms with E-state index in [1.165, 1.54) is 11.1 Å². The van der Waals surface area contributed by atoms with Gasteiger partial charge in [0.2, 0.25) is 0 Å². The Morgan fingerprint density at radius 2 is 1.67 bits per heavy atom. The Labute approximate surface area is 164 Å². The number of halogens is 1. The van der Waals surface area contributed by atoms with Gasteiger partial charge < -0.3 is 15.4 Å². The molecule has 1 aromatic carbocycles. The zero-order chi connectivity index (χ0) is 16.9. The quantitative estimate of drug-likeness (QED) is 0.250. The van der Waals surface area contributed by atoms with Gasteiger partial charge >= 0.3 is 0 Å².